The number of hydrogen-bond acceptors (Lipinski definition) is 3. The predicted octanol–water partition coefficient (Wildman–Crippen LogP) is 2.96. The van der Waals surface area contributed by atoms with Crippen molar-refractivity contribution in [3.8, 4) is 16.9 Å². The van der Waals surface area contributed by atoms with Gasteiger partial charge in [-0.25, -0.2) is 13.6 Å². The molecule has 2 aromatic rings. The first-order chi connectivity index (χ1) is 10.0. The number of primary sulfonamides is 1. The van der Waals surface area contributed by atoms with Crippen LogP contribution in [-0.2, 0) is 10.0 Å². The van der Waals surface area contributed by atoms with Crippen LogP contribution in [0.1, 0.15) is 6.42 Å². The first kappa shape index (κ1) is 15.3. The number of hydrogen-bond donors (Lipinski definition) is 1. The molecule has 4 nitrogen and oxygen atoms in total. The van der Waals surface area contributed by atoms with Crippen LogP contribution in [0.5, 0.6) is 5.75 Å². The van der Waals surface area contributed by atoms with E-state index >= 15 is 0 Å². The number of rotatable bonds is 6. The monoisotopic (exact) mass is 303 g/mol. The van der Waals surface area contributed by atoms with E-state index in [4.69, 9.17) is 9.88 Å². The van der Waals surface area contributed by atoms with Gasteiger partial charge in [-0.3, -0.25) is 0 Å². The first-order valence-electron chi connectivity index (χ1n) is 6.48. The maximum Gasteiger partial charge on any atom is 0.238 e. The lowest BCUT2D eigenvalue weighted by Gasteiger charge is -2.12. The van der Waals surface area contributed by atoms with Gasteiger partial charge in [0.25, 0.3) is 0 Å². The second-order valence-electron chi connectivity index (χ2n) is 4.49. The Bertz CT molecular complexity index is 724. The lowest BCUT2D eigenvalue weighted by molar-refractivity contribution is 0.326. The summed E-state index contributed by atoms with van der Waals surface area (Å²) < 4.78 is 28.7. The molecule has 0 fully saturated rings. The number of sulfonamides is 1. The highest BCUT2D eigenvalue weighted by Crippen LogP contribution is 2.32. The standard InChI is InChI=1S/C16H17NO3S/c1-2-3-11-20-16-10-9-14(21(17,18)19)12-15(16)13-7-5-4-6-8-13/h2,4-10,12H,1,3,11H2,(H2,17,18,19). The van der Waals surface area contributed by atoms with Crippen LogP contribution in [0.4, 0.5) is 0 Å². The predicted molar refractivity (Wildman–Crippen MR) is 83.6 cm³/mol. The molecule has 0 spiro atoms. The fraction of sp³-hybridized carbons (Fsp3) is 0.125. The largest absolute Gasteiger partial charge is 0.493 e. The third-order valence-corrected chi connectivity index (χ3v) is 3.85. The van der Waals surface area contributed by atoms with E-state index in [1.165, 1.54) is 12.1 Å². The summed E-state index contributed by atoms with van der Waals surface area (Å²) >= 11 is 0. The highest BCUT2D eigenvalue weighted by atomic mass is 32.2. The Morgan fingerprint density at radius 2 is 1.86 bits per heavy atom. The number of nitrogens with two attached hydrogens (primary N) is 1. The van der Waals surface area contributed by atoms with E-state index in [1.54, 1.807) is 12.1 Å². The van der Waals surface area contributed by atoms with E-state index in [0.29, 0.717) is 24.3 Å². The summed E-state index contributed by atoms with van der Waals surface area (Å²) in [5, 5.41) is 5.19. The molecule has 0 unspecified atom stereocenters. The Morgan fingerprint density at radius 1 is 1.14 bits per heavy atom. The summed E-state index contributed by atoms with van der Waals surface area (Å²) in [4.78, 5) is 0.0671. The van der Waals surface area contributed by atoms with Gasteiger partial charge in [-0.2, -0.15) is 0 Å². The van der Waals surface area contributed by atoms with Crippen LogP contribution < -0.4 is 9.88 Å². The maximum absolute atomic E-state index is 11.5. The van der Waals surface area contributed by atoms with Gasteiger partial charge in [-0.15, -0.1) is 6.58 Å². The Labute approximate surface area is 124 Å². The molecule has 0 aliphatic carbocycles. The van der Waals surface area contributed by atoms with Crippen molar-refractivity contribution in [3.63, 3.8) is 0 Å². The van der Waals surface area contributed by atoms with E-state index in [2.05, 4.69) is 6.58 Å². The van der Waals surface area contributed by atoms with Gasteiger partial charge in [0.1, 0.15) is 5.75 Å². The van der Waals surface area contributed by atoms with Gasteiger partial charge < -0.3 is 4.74 Å². The van der Waals surface area contributed by atoms with Crippen LogP contribution in [0.3, 0.4) is 0 Å². The molecule has 0 amide bonds. The van der Waals surface area contributed by atoms with Crippen LogP contribution in [0.15, 0.2) is 66.1 Å². The SMILES string of the molecule is C=CCCOc1ccc(S(N)(=O)=O)cc1-c1ccccc1. The van der Waals surface area contributed by atoms with Gasteiger partial charge in [-0.1, -0.05) is 36.4 Å². The van der Waals surface area contributed by atoms with E-state index in [-0.39, 0.29) is 4.90 Å². The summed E-state index contributed by atoms with van der Waals surface area (Å²) in [6.07, 6.45) is 2.48. The highest BCUT2D eigenvalue weighted by molar-refractivity contribution is 7.89. The summed E-state index contributed by atoms with van der Waals surface area (Å²) in [5.41, 5.74) is 1.57. The third-order valence-electron chi connectivity index (χ3n) is 2.94. The highest BCUT2D eigenvalue weighted by Gasteiger charge is 2.13. The Balaban J connectivity index is 2.48. The second-order valence-corrected chi connectivity index (χ2v) is 6.06. The van der Waals surface area contributed by atoms with Crippen LogP contribution >= 0.6 is 0 Å². The molecule has 2 rings (SSSR count). The fourth-order valence-corrected chi connectivity index (χ4v) is 2.45. The minimum atomic E-state index is -3.75. The Hall–Kier alpha value is -2.11. The van der Waals surface area contributed by atoms with Crippen molar-refractivity contribution in [3.05, 3.63) is 61.2 Å². The van der Waals surface area contributed by atoms with Crippen LogP contribution in [0.2, 0.25) is 0 Å². The van der Waals surface area contributed by atoms with Gasteiger partial charge in [0, 0.05) is 5.56 Å². The molecule has 21 heavy (non-hydrogen) atoms. The van der Waals surface area contributed by atoms with Crippen molar-refractivity contribution in [2.24, 2.45) is 5.14 Å². The molecule has 0 saturated heterocycles. The molecule has 0 aromatic heterocycles. The second kappa shape index (κ2) is 6.56. The lowest BCUT2D eigenvalue weighted by atomic mass is 10.0. The van der Waals surface area contributed by atoms with Crippen LogP contribution in [-0.4, -0.2) is 15.0 Å². The number of benzene rings is 2. The molecule has 5 heteroatoms. The third kappa shape index (κ3) is 3.93. The summed E-state index contributed by atoms with van der Waals surface area (Å²) in [5.74, 6) is 0.621. The average molecular weight is 303 g/mol. The summed E-state index contributed by atoms with van der Waals surface area (Å²) in [6, 6.07) is 14.1. The van der Waals surface area contributed by atoms with Gasteiger partial charge in [-0.05, 0) is 30.2 Å². The Kier molecular flexibility index (Phi) is 4.77. The summed E-state index contributed by atoms with van der Waals surface area (Å²) in [7, 11) is -3.75. The van der Waals surface area contributed by atoms with E-state index in [0.717, 1.165) is 5.56 Å². The van der Waals surface area contributed by atoms with Gasteiger partial charge in [0.05, 0.1) is 11.5 Å². The summed E-state index contributed by atoms with van der Waals surface area (Å²) in [6.45, 7) is 4.13. The topological polar surface area (TPSA) is 69.4 Å². The Morgan fingerprint density at radius 3 is 2.48 bits per heavy atom. The van der Waals surface area contributed by atoms with Crippen LogP contribution in [0.25, 0.3) is 11.1 Å². The van der Waals surface area contributed by atoms with E-state index in [9.17, 15) is 8.42 Å². The zero-order valence-corrected chi connectivity index (χ0v) is 12.3. The van der Waals surface area contributed by atoms with Gasteiger partial charge in [0.15, 0.2) is 0 Å². The fourth-order valence-electron chi connectivity index (χ4n) is 1.91. The van der Waals surface area contributed by atoms with Gasteiger partial charge >= 0.3 is 0 Å². The minimum Gasteiger partial charge on any atom is -0.493 e. The molecule has 0 radical (unpaired) electrons. The van der Waals surface area contributed by atoms with Crippen LogP contribution in [0, 0.1) is 0 Å². The molecule has 0 atom stereocenters. The lowest BCUT2D eigenvalue weighted by Crippen LogP contribution is -2.12. The molecular formula is C16H17NO3S. The zero-order chi connectivity index (χ0) is 15.3. The molecular weight excluding hydrogens is 286 g/mol. The molecule has 110 valence electrons. The minimum absolute atomic E-state index is 0.0671. The van der Waals surface area contributed by atoms with Crippen molar-refractivity contribution < 1.29 is 13.2 Å². The van der Waals surface area contributed by atoms with E-state index in [1.807, 2.05) is 30.3 Å². The first-order valence-corrected chi connectivity index (χ1v) is 8.03. The van der Waals surface area contributed by atoms with Crippen molar-refractivity contribution >= 4 is 10.0 Å². The van der Waals surface area contributed by atoms with Gasteiger partial charge in [0.2, 0.25) is 10.0 Å². The number of ether oxygens (including phenoxy) is 1. The normalized spacial score (nSPS) is 11.1. The van der Waals surface area contributed by atoms with Crippen molar-refractivity contribution in [2.75, 3.05) is 6.61 Å². The van der Waals surface area contributed by atoms with E-state index < -0.39 is 10.0 Å². The molecule has 0 aliphatic rings. The molecule has 0 bridgehead atoms. The average Bonchev–Trinajstić information content (AvgIpc) is 2.47. The van der Waals surface area contributed by atoms with Crippen molar-refractivity contribution in [1.29, 1.82) is 0 Å². The maximum atomic E-state index is 11.5. The smallest absolute Gasteiger partial charge is 0.238 e. The molecule has 2 N–H and O–H groups in total. The molecule has 0 saturated carbocycles. The van der Waals surface area contributed by atoms with Crippen molar-refractivity contribution in [2.45, 2.75) is 11.3 Å². The molecule has 0 heterocycles. The van der Waals surface area contributed by atoms with Crippen molar-refractivity contribution in [1.82, 2.24) is 0 Å². The quantitative estimate of drug-likeness (QED) is 0.659. The molecule has 2 aromatic carbocycles. The zero-order valence-electron chi connectivity index (χ0n) is 11.5. The molecule has 0 aliphatic heterocycles.